The highest BCUT2D eigenvalue weighted by Gasteiger charge is 2.22. The van der Waals surface area contributed by atoms with E-state index >= 15 is 0 Å². The first-order chi connectivity index (χ1) is 16.7. The minimum Gasteiger partial charge on any atom is -0.493 e. The molecule has 1 N–H and O–H groups in total. The van der Waals surface area contributed by atoms with Gasteiger partial charge in [-0.15, -0.1) is 0 Å². The molecule has 14 nitrogen and oxygen atoms in total. The lowest BCUT2D eigenvalue weighted by Gasteiger charge is -2.18. The van der Waals surface area contributed by atoms with Gasteiger partial charge in [-0.2, -0.15) is 0 Å². The van der Waals surface area contributed by atoms with Crippen molar-refractivity contribution in [3.05, 3.63) is 27.8 Å². The van der Waals surface area contributed by atoms with Crippen LogP contribution in [0.25, 0.3) is 0 Å². The molecule has 0 aliphatic rings. The molecule has 0 spiro atoms. The summed E-state index contributed by atoms with van der Waals surface area (Å²) in [5.74, 6) is -0.00358. The number of hydrogen-bond acceptors (Lipinski definition) is 12. The highest BCUT2D eigenvalue weighted by Crippen LogP contribution is 2.34. The van der Waals surface area contributed by atoms with E-state index in [2.05, 4.69) is 5.32 Å². The zero-order chi connectivity index (χ0) is 26.2. The van der Waals surface area contributed by atoms with Crippen LogP contribution in [0.3, 0.4) is 0 Å². The molecule has 0 fully saturated rings. The van der Waals surface area contributed by atoms with Crippen molar-refractivity contribution >= 4 is 23.9 Å². The molecule has 0 bridgehead atoms. The second kappa shape index (κ2) is 15.9. The Morgan fingerprint density at radius 2 is 1.57 bits per heavy atom. The third kappa shape index (κ3) is 11.2. The number of nitro benzene ring substituents is 1. The monoisotopic (exact) mass is 502 g/mol. The van der Waals surface area contributed by atoms with Gasteiger partial charge in [-0.3, -0.25) is 14.9 Å². The van der Waals surface area contributed by atoms with Gasteiger partial charge in [0.15, 0.2) is 11.5 Å². The van der Waals surface area contributed by atoms with Gasteiger partial charge in [0.1, 0.15) is 13.2 Å². The van der Waals surface area contributed by atoms with Crippen LogP contribution in [0, 0.1) is 10.1 Å². The predicted octanol–water partition coefficient (Wildman–Crippen LogP) is 2.35. The second-order valence-corrected chi connectivity index (χ2v) is 6.92. The number of carbonyl (C=O) groups excluding carboxylic acids is 3. The number of nitrogens with one attached hydrogen (secondary N) is 1. The molecule has 1 rings (SSSR count). The molecule has 1 amide bonds. The number of rotatable bonds is 15. The van der Waals surface area contributed by atoms with Gasteiger partial charge in [-0.05, 0) is 18.9 Å². The van der Waals surface area contributed by atoms with Crippen LogP contribution >= 0.6 is 0 Å². The van der Waals surface area contributed by atoms with E-state index in [4.69, 9.17) is 33.2 Å². The standard InChI is InChI=1S/C21H30N2O12/c1-14(24)32-7-5-6-8-33-21(26)35-13-16(12-29-2)22-20(25)34-11-15-9-18(30-3)19(31-4)10-17(15)23(27)28/h9-10,16H,5-8,11-13H2,1-4H3,(H,22,25). The van der Waals surface area contributed by atoms with Gasteiger partial charge in [0, 0.05) is 14.0 Å². The highest BCUT2D eigenvalue weighted by molar-refractivity contribution is 5.68. The Labute approximate surface area is 201 Å². The average molecular weight is 502 g/mol. The molecule has 0 radical (unpaired) electrons. The lowest BCUT2D eigenvalue weighted by atomic mass is 10.1. The summed E-state index contributed by atoms with van der Waals surface area (Å²) in [6, 6.07) is 1.73. The minimum atomic E-state index is -0.949. The molecule has 0 aliphatic heterocycles. The molecular formula is C21H30N2O12. The first kappa shape index (κ1) is 29.2. The Kier molecular flexibility index (Phi) is 13.3. The summed E-state index contributed by atoms with van der Waals surface area (Å²) in [5, 5.41) is 13.8. The highest BCUT2D eigenvalue weighted by atomic mass is 16.7. The quantitative estimate of drug-likeness (QED) is 0.122. The van der Waals surface area contributed by atoms with Gasteiger partial charge in [0.2, 0.25) is 0 Å². The summed E-state index contributed by atoms with van der Waals surface area (Å²) in [7, 11) is 4.09. The van der Waals surface area contributed by atoms with E-state index in [0.717, 1.165) is 0 Å². The van der Waals surface area contributed by atoms with Gasteiger partial charge in [0.25, 0.3) is 5.69 Å². The van der Waals surface area contributed by atoms with Crippen molar-refractivity contribution in [2.24, 2.45) is 0 Å². The maximum atomic E-state index is 12.2. The normalized spacial score (nSPS) is 11.1. The van der Waals surface area contributed by atoms with Crippen molar-refractivity contribution in [2.75, 3.05) is 47.8 Å². The molecule has 1 unspecified atom stereocenters. The topological polar surface area (TPSA) is 171 Å². The van der Waals surface area contributed by atoms with Gasteiger partial charge >= 0.3 is 18.2 Å². The molecule has 1 atom stereocenters. The van der Waals surface area contributed by atoms with Crippen LogP contribution in [0.5, 0.6) is 11.5 Å². The van der Waals surface area contributed by atoms with E-state index in [1.165, 1.54) is 40.4 Å². The largest absolute Gasteiger partial charge is 0.508 e. The molecule has 1 aromatic carbocycles. The van der Waals surface area contributed by atoms with E-state index < -0.39 is 29.8 Å². The smallest absolute Gasteiger partial charge is 0.493 e. The first-order valence-corrected chi connectivity index (χ1v) is 10.5. The number of hydrogen-bond donors (Lipinski definition) is 1. The number of carbonyl (C=O) groups is 3. The summed E-state index contributed by atoms with van der Waals surface area (Å²) in [6.45, 7) is 0.871. The zero-order valence-corrected chi connectivity index (χ0v) is 20.0. The lowest BCUT2D eigenvalue weighted by molar-refractivity contribution is -0.385. The van der Waals surface area contributed by atoms with Crippen LogP contribution in [0.4, 0.5) is 15.3 Å². The summed E-state index contributed by atoms with van der Waals surface area (Å²) in [6.07, 6.45) is -0.880. The minimum absolute atomic E-state index is 0.0126. The van der Waals surface area contributed by atoms with Crippen molar-refractivity contribution in [3.8, 4) is 11.5 Å². The number of unbranched alkanes of at least 4 members (excludes halogenated alkanes) is 1. The third-order valence-electron chi connectivity index (χ3n) is 4.30. The number of benzene rings is 1. The number of alkyl carbamates (subject to hydrolysis) is 1. The predicted molar refractivity (Wildman–Crippen MR) is 118 cm³/mol. The molecule has 14 heteroatoms. The average Bonchev–Trinajstić information content (AvgIpc) is 2.82. The number of nitro groups is 1. The zero-order valence-electron chi connectivity index (χ0n) is 20.0. The number of esters is 1. The van der Waals surface area contributed by atoms with Crippen molar-refractivity contribution < 1.29 is 52.5 Å². The Balaban J connectivity index is 2.54. The number of amides is 1. The summed E-state index contributed by atoms with van der Waals surface area (Å²) < 4.78 is 34.8. The number of ether oxygens (including phenoxy) is 7. The van der Waals surface area contributed by atoms with E-state index in [1.807, 2.05) is 0 Å². The third-order valence-corrected chi connectivity index (χ3v) is 4.30. The SMILES string of the molecule is COCC(COC(=O)OCCCCOC(C)=O)NC(=O)OCc1cc(OC)c(OC)cc1[N+](=O)[O-]. The van der Waals surface area contributed by atoms with Crippen LogP contribution in [-0.2, 0) is 35.1 Å². The first-order valence-electron chi connectivity index (χ1n) is 10.5. The molecular weight excluding hydrogens is 472 g/mol. The fraction of sp³-hybridized carbons (Fsp3) is 0.571. The molecule has 0 heterocycles. The van der Waals surface area contributed by atoms with Gasteiger partial charge in [-0.1, -0.05) is 0 Å². The van der Waals surface area contributed by atoms with Crippen LogP contribution in [0.2, 0.25) is 0 Å². The Morgan fingerprint density at radius 3 is 2.14 bits per heavy atom. The summed E-state index contributed by atoms with van der Waals surface area (Å²) in [4.78, 5) is 45.3. The van der Waals surface area contributed by atoms with E-state index in [0.29, 0.717) is 12.8 Å². The number of methoxy groups -OCH3 is 3. The molecule has 0 aliphatic carbocycles. The molecule has 0 saturated heterocycles. The van der Waals surface area contributed by atoms with Crippen LogP contribution in [-0.4, -0.2) is 76.9 Å². The van der Waals surface area contributed by atoms with Crippen molar-refractivity contribution in [2.45, 2.75) is 32.4 Å². The van der Waals surface area contributed by atoms with E-state index in [9.17, 15) is 24.5 Å². The molecule has 196 valence electrons. The van der Waals surface area contributed by atoms with Crippen molar-refractivity contribution in [1.82, 2.24) is 5.32 Å². The Hall–Kier alpha value is -3.81. The maximum absolute atomic E-state index is 12.2. The van der Waals surface area contributed by atoms with Crippen molar-refractivity contribution in [3.63, 3.8) is 0 Å². The van der Waals surface area contributed by atoms with Crippen LogP contribution in [0.1, 0.15) is 25.3 Å². The molecule has 35 heavy (non-hydrogen) atoms. The Morgan fingerprint density at radius 1 is 0.943 bits per heavy atom. The second-order valence-electron chi connectivity index (χ2n) is 6.92. The van der Waals surface area contributed by atoms with Crippen molar-refractivity contribution in [1.29, 1.82) is 0 Å². The van der Waals surface area contributed by atoms with E-state index in [-0.39, 0.29) is 55.1 Å². The van der Waals surface area contributed by atoms with Gasteiger partial charge in [-0.25, -0.2) is 9.59 Å². The van der Waals surface area contributed by atoms with Gasteiger partial charge in [0.05, 0.1) is 56.6 Å². The summed E-state index contributed by atoms with van der Waals surface area (Å²) in [5.41, 5.74) is -0.234. The molecule has 1 aromatic rings. The van der Waals surface area contributed by atoms with Crippen LogP contribution < -0.4 is 14.8 Å². The van der Waals surface area contributed by atoms with E-state index in [1.54, 1.807) is 0 Å². The lowest BCUT2D eigenvalue weighted by Crippen LogP contribution is -2.42. The molecule has 0 saturated carbocycles. The molecule has 0 aromatic heterocycles. The van der Waals surface area contributed by atoms with Gasteiger partial charge < -0.3 is 38.5 Å². The maximum Gasteiger partial charge on any atom is 0.508 e. The van der Waals surface area contributed by atoms with Crippen LogP contribution in [0.15, 0.2) is 12.1 Å². The summed E-state index contributed by atoms with van der Waals surface area (Å²) >= 11 is 0. The Bertz CT molecular complexity index is 861. The fourth-order valence-corrected chi connectivity index (χ4v) is 2.67. The fourth-order valence-electron chi connectivity index (χ4n) is 2.67. The number of nitrogens with zero attached hydrogens (tertiary/aromatic N) is 1.